The van der Waals surface area contributed by atoms with Gasteiger partial charge in [0.1, 0.15) is 0 Å². The standard InChI is InChI=1S/C20H24FNO3S/c21-19-10-4-5-11-20(19)25-16-18-9-6-13-22(15-18)26(23,24)14-12-17-7-2-1-3-8-17/h1-5,7-8,10-11,18H,6,9,12-16H2. The molecule has 6 heteroatoms. The second-order valence-electron chi connectivity index (χ2n) is 6.66. The van der Waals surface area contributed by atoms with Crippen LogP contribution in [0.5, 0.6) is 5.75 Å². The average Bonchev–Trinajstić information content (AvgIpc) is 2.67. The maximum absolute atomic E-state index is 13.6. The molecule has 1 atom stereocenters. The van der Waals surface area contributed by atoms with E-state index in [4.69, 9.17) is 4.74 Å². The van der Waals surface area contributed by atoms with Gasteiger partial charge < -0.3 is 4.74 Å². The fourth-order valence-electron chi connectivity index (χ4n) is 3.21. The molecule has 0 saturated carbocycles. The molecule has 0 aromatic heterocycles. The Bertz CT molecular complexity index is 811. The summed E-state index contributed by atoms with van der Waals surface area (Å²) in [5, 5.41) is 0. The molecular weight excluding hydrogens is 353 g/mol. The topological polar surface area (TPSA) is 46.6 Å². The molecule has 0 spiro atoms. The molecule has 0 aliphatic carbocycles. The maximum atomic E-state index is 13.6. The van der Waals surface area contributed by atoms with Crippen LogP contribution in [0.2, 0.25) is 0 Å². The van der Waals surface area contributed by atoms with Gasteiger partial charge in [-0.15, -0.1) is 0 Å². The summed E-state index contributed by atoms with van der Waals surface area (Å²) < 4.78 is 46.1. The van der Waals surface area contributed by atoms with Crippen LogP contribution in [-0.2, 0) is 16.4 Å². The van der Waals surface area contributed by atoms with Crippen molar-refractivity contribution in [3.63, 3.8) is 0 Å². The number of sulfonamides is 1. The quantitative estimate of drug-likeness (QED) is 0.742. The Morgan fingerprint density at radius 1 is 1.08 bits per heavy atom. The number of aryl methyl sites for hydroxylation is 1. The molecule has 1 fully saturated rings. The zero-order valence-electron chi connectivity index (χ0n) is 14.7. The van der Waals surface area contributed by atoms with E-state index < -0.39 is 15.8 Å². The smallest absolute Gasteiger partial charge is 0.214 e. The third-order valence-electron chi connectivity index (χ3n) is 4.68. The Hall–Kier alpha value is -1.92. The minimum absolute atomic E-state index is 0.0786. The van der Waals surface area contributed by atoms with E-state index in [1.54, 1.807) is 22.5 Å². The number of nitrogens with zero attached hydrogens (tertiary/aromatic N) is 1. The fourth-order valence-corrected chi connectivity index (χ4v) is 4.80. The molecule has 4 nitrogen and oxygen atoms in total. The van der Waals surface area contributed by atoms with Crippen molar-refractivity contribution in [2.45, 2.75) is 19.3 Å². The van der Waals surface area contributed by atoms with E-state index in [-0.39, 0.29) is 17.4 Å². The van der Waals surface area contributed by atoms with Crippen LogP contribution in [-0.4, -0.2) is 38.2 Å². The molecule has 2 aromatic carbocycles. The van der Waals surface area contributed by atoms with Crippen LogP contribution in [0.25, 0.3) is 0 Å². The van der Waals surface area contributed by atoms with Gasteiger partial charge in [-0.1, -0.05) is 42.5 Å². The first-order chi connectivity index (χ1) is 12.5. The molecule has 3 rings (SSSR count). The molecule has 1 aliphatic rings. The maximum Gasteiger partial charge on any atom is 0.214 e. The van der Waals surface area contributed by atoms with Gasteiger partial charge >= 0.3 is 0 Å². The highest BCUT2D eigenvalue weighted by molar-refractivity contribution is 7.89. The zero-order valence-corrected chi connectivity index (χ0v) is 15.5. The summed E-state index contributed by atoms with van der Waals surface area (Å²) in [6, 6.07) is 15.9. The molecule has 1 heterocycles. The van der Waals surface area contributed by atoms with E-state index in [1.165, 1.54) is 6.07 Å². The molecule has 0 N–H and O–H groups in total. The highest BCUT2D eigenvalue weighted by Gasteiger charge is 2.29. The van der Waals surface area contributed by atoms with Crippen molar-refractivity contribution >= 4 is 10.0 Å². The summed E-state index contributed by atoms with van der Waals surface area (Å²) in [4.78, 5) is 0. The van der Waals surface area contributed by atoms with Gasteiger partial charge in [0.2, 0.25) is 10.0 Å². The van der Waals surface area contributed by atoms with Crippen molar-refractivity contribution in [3.8, 4) is 5.75 Å². The second-order valence-corrected chi connectivity index (χ2v) is 8.75. The van der Waals surface area contributed by atoms with Crippen molar-refractivity contribution in [1.29, 1.82) is 0 Å². The van der Waals surface area contributed by atoms with E-state index >= 15 is 0 Å². The van der Waals surface area contributed by atoms with Crippen LogP contribution < -0.4 is 4.74 Å². The fraction of sp³-hybridized carbons (Fsp3) is 0.400. The lowest BCUT2D eigenvalue weighted by atomic mass is 10.0. The van der Waals surface area contributed by atoms with E-state index in [0.29, 0.717) is 26.1 Å². The number of rotatable bonds is 7. The van der Waals surface area contributed by atoms with E-state index in [1.807, 2.05) is 30.3 Å². The molecule has 140 valence electrons. The summed E-state index contributed by atoms with van der Waals surface area (Å²) in [7, 11) is -3.30. The Balaban J connectivity index is 1.54. The first-order valence-electron chi connectivity index (χ1n) is 8.94. The molecule has 26 heavy (non-hydrogen) atoms. The van der Waals surface area contributed by atoms with Gasteiger partial charge in [0, 0.05) is 19.0 Å². The number of benzene rings is 2. The van der Waals surface area contributed by atoms with E-state index in [0.717, 1.165) is 18.4 Å². The van der Waals surface area contributed by atoms with Gasteiger partial charge in [-0.25, -0.2) is 17.1 Å². The highest BCUT2D eigenvalue weighted by Crippen LogP contribution is 2.22. The predicted molar refractivity (Wildman–Crippen MR) is 100 cm³/mol. The summed E-state index contributed by atoms with van der Waals surface area (Å²) >= 11 is 0. The zero-order chi connectivity index (χ0) is 18.4. The van der Waals surface area contributed by atoms with Crippen LogP contribution in [0, 0.1) is 11.7 Å². The minimum Gasteiger partial charge on any atom is -0.490 e. The van der Waals surface area contributed by atoms with Gasteiger partial charge in [-0.05, 0) is 37.0 Å². The lowest BCUT2D eigenvalue weighted by Gasteiger charge is -2.31. The van der Waals surface area contributed by atoms with E-state index in [9.17, 15) is 12.8 Å². The lowest BCUT2D eigenvalue weighted by molar-refractivity contribution is 0.176. The van der Waals surface area contributed by atoms with Gasteiger partial charge in [-0.2, -0.15) is 0 Å². The SMILES string of the molecule is O=S(=O)(CCc1ccccc1)N1CCCC(COc2ccccc2F)C1. The van der Waals surface area contributed by atoms with Crippen LogP contribution >= 0.6 is 0 Å². The Kier molecular flexibility index (Phi) is 6.27. The lowest BCUT2D eigenvalue weighted by Crippen LogP contribution is -2.42. The normalized spacial score (nSPS) is 18.6. The molecule has 1 unspecified atom stereocenters. The third kappa shape index (κ3) is 5.05. The summed E-state index contributed by atoms with van der Waals surface area (Å²) in [5.41, 5.74) is 1.02. The molecule has 1 aliphatic heterocycles. The number of piperidine rings is 1. The van der Waals surface area contributed by atoms with Crippen molar-refractivity contribution in [2.24, 2.45) is 5.92 Å². The van der Waals surface area contributed by atoms with Gasteiger partial charge in [0.15, 0.2) is 11.6 Å². The van der Waals surface area contributed by atoms with Gasteiger partial charge in [0.25, 0.3) is 0 Å². The van der Waals surface area contributed by atoms with Crippen molar-refractivity contribution < 1.29 is 17.5 Å². The monoisotopic (exact) mass is 377 g/mol. The van der Waals surface area contributed by atoms with Crippen molar-refractivity contribution in [1.82, 2.24) is 4.31 Å². The average molecular weight is 377 g/mol. The van der Waals surface area contributed by atoms with Gasteiger partial charge in [-0.3, -0.25) is 0 Å². The molecule has 0 bridgehead atoms. The molecular formula is C20H24FNO3S. The number of halogens is 1. The Morgan fingerprint density at radius 2 is 1.81 bits per heavy atom. The number of hydrogen-bond acceptors (Lipinski definition) is 3. The summed E-state index contributed by atoms with van der Waals surface area (Å²) in [6.07, 6.45) is 2.20. The van der Waals surface area contributed by atoms with E-state index in [2.05, 4.69) is 0 Å². The predicted octanol–water partition coefficient (Wildman–Crippen LogP) is 3.49. The molecule has 1 saturated heterocycles. The highest BCUT2D eigenvalue weighted by atomic mass is 32.2. The van der Waals surface area contributed by atoms with Crippen LogP contribution in [0.4, 0.5) is 4.39 Å². The second kappa shape index (κ2) is 8.64. The molecule has 0 radical (unpaired) electrons. The Labute approximate surface area is 154 Å². The van der Waals surface area contributed by atoms with Crippen molar-refractivity contribution in [2.75, 3.05) is 25.4 Å². The third-order valence-corrected chi connectivity index (χ3v) is 6.52. The van der Waals surface area contributed by atoms with Gasteiger partial charge in [0.05, 0.1) is 12.4 Å². The Morgan fingerprint density at radius 3 is 2.58 bits per heavy atom. The largest absolute Gasteiger partial charge is 0.490 e. The first-order valence-corrected chi connectivity index (χ1v) is 10.5. The van der Waals surface area contributed by atoms with Crippen molar-refractivity contribution in [3.05, 3.63) is 66.0 Å². The number of hydrogen-bond donors (Lipinski definition) is 0. The molecule has 0 amide bonds. The minimum atomic E-state index is -3.30. The van der Waals surface area contributed by atoms with Crippen LogP contribution in [0.1, 0.15) is 18.4 Å². The molecule has 2 aromatic rings. The van der Waals surface area contributed by atoms with Crippen LogP contribution in [0.15, 0.2) is 54.6 Å². The number of para-hydroxylation sites is 1. The number of ether oxygens (including phenoxy) is 1. The summed E-state index contributed by atoms with van der Waals surface area (Å²) in [5.74, 6) is 0.0137. The summed E-state index contributed by atoms with van der Waals surface area (Å²) in [6.45, 7) is 1.31. The van der Waals surface area contributed by atoms with Crippen LogP contribution in [0.3, 0.4) is 0 Å². The first kappa shape index (κ1) is 18.9.